The second kappa shape index (κ2) is 6.79. The molecule has 110 valence electrons. The first-order chi connectivity index (χ1) is 9.59. The monoisotopic (exact) mass is 276 g/mol. The fourth-order valence-corrected chi connectivity index (χ4v) is 2.76. The maximum absolute atomic E-state index is 12.4. The minimum atomic E-state index is -0.0255. The minimum absolute atomic E-state index is 0.0255. The second-order valence-electron chi connectivity index (χ2n) is 5.67. The quantitative estimate of drug-likeness (QED) is 0.824. The summed E-state index contributed by atoms with van der Waals surface area (Å²) >= 11 is 0. The number of hydrogen-bond donors (Lipinski definition) is 0. The average molecular weight is 276 g/mol. The van der Waals surface area contributed by atoms with Crippen LogP contribution in [0.15, 0.2) is 18.6 Å². The van der Waals surface area contributed by atoms with Gasteiger partial charge >= 0.3 is 0 Å². The lowest BCUT2D eigenvalue weighted by Gasteiger charge is -2.29. The van der Waals surface area contributed by atoms with E-state index < -0.39 is 0 Å². The molecule has 2 rings (SSSR count). The van der Waals surface area contributed by atoms with Crippen molar-refractivity contribution in [1.29, 1.82) is 0 Å². The van der Waals surface area contributed by atoms with Crippen LogP contribution >= 0.6 is 0 Å². The summed E-state index contributed by atoms with van der Waals surface area (Å²) in [5, 5.41) is 0. The number of aromatic nitrogens is 2. The fraction of sp³-hybridized carbons (Fsp3) is 0.667. The van der Waals surface area contributed by atoms with E-state index >= 15 is 0 Å². The van der Waals surface area contributed by atoms with Crippen LogP contribution in [0.3, 0.4) is 0 Å². The van der Waals surface area contributed by atoms with E-state index in [1.54, 1.807) is 11.1 Å². The number of nitrogens with zero attached hydrogens (tertiary/aromatic N) is 4. The van der Waals surface area contributed by atoms with Crippen molar-refractivity contribution in [2.75, 3.05) is 20.6 Å². The molecule has 0 aliphatic heterocycles. The van der Waals surface area contributed by atoms with Crippen LogP contribution < -0.4 is 0 Å². The number of rotatable bonds is 5. The maximum atomic E-state index is 12.4. The molecule has 1 atom stereocenters. The third-order valence-corrected chi connectivity index (χ3v) is 4.34. The summed E-state index contributed by atoms with van der Waals surface area (Å²) in [6, 6.07) is 2.40. The molecule has 1 aliphatic rings. The van der Waals surface area contributed by atoms with Gasteiger partial charge in [-0.25, -0.2) is 9.97 Å². The smallest absolute Gasteiger partial charge is 0.237 e. The molecule has 1 aliphatic carbocycles. The van der Waals surface area contributed by atoms with E-state index in [9.17, 15) is 4.79 Å². The second-order valence-corrected chi connectivity index (χ2v) is 5.67. The lowest BCUT2D eigenvalue weighted by Crippen LogP contribution is -2.41. The third-order valence-electron chi connectivity index (χ3n) is 4.34. The number of carbonyl (C=O) groups is 1. The molecule has 0 spiro atoms. The number of amides is 1. The lowest BCUT2D eigenvalue weighted by atomic mass is 10.2. The van der Waals surface area contributed by atoms with Crippen molar-refractivity contribution >= 4 is 5.91 Å². The van der Waals surface area contributed by atoms with E-state index in [1.807, 2.05) is 20.0 Å². The van der Waals surface area contributed by atoms with Gasteiger partial charge in [-0.2, -0.15) is 0 Å². The molecule has 0 aromatic carbocycles. The van der Waals surface area contributed by atoms with Crippen molar-refractivity contribution in [3.8, 4) is 0 Å². The van der Waals surface area contributed by atoms with E-state index in [0.29, 0.717) is 12.6 Å². The predicted molar refractivity (Wildman–Crippen MR) is 78.1 cm³/mol. The van der Waals surface area contributed by atoms with Crippen LogP contribution in [0, 0.1) is 0 Å². The van der Waals surface area contributed by atoms with Crippen molar-refractivity contribution in [3.63, 3.8) is 0 Å². The molecule has 5 nitrogen and oxygen atoms in total. The van der Waals surface area contributed by atoms with E-state index in [4.69, 9.17) is 0 Å². The Bertz CT molecular complexity index is 431. The van der Waals surface area contributed by atoms with Crippen molar-refractivity contribution in [2.45, 2.75) is 44.7 Å². The first-order valence-electron chi connectivity index (χ1n) is 7.31. The van der Waals surface area contributed by atoms with Crippen LogP contribution in [0.2, 0.25) is 0 Å². The molecule has 0 radical (unpaired) electrons. The van der Waals surface area contributed by atoms with Crippen LogP contribution in [0.1, 0.15) is 44.3 Å². The molecule has 0 unspecified atom stereocenters. The minimum Gasteiger partial charge on any atom is -0.336 e. The highest BCUT2D eigenvalue weighted by molar-refractivity contribution is 5.78. The Balaban J connectivity index is 1.91. The molecule has 0 saturated heterocycles. The number of likely N-dealkylation sites (N-methyl/N-ethyl adjacent to an activating group) is 2. The maximum Gasteiger partial charge on any atom is 0.237 e. The van der Waals surface area contributed by atoms with Gasteiger partial charge in [0.05, 0.1) is 18.3 Å². The van der Waals surface area contributed by atoms with Crippen LogP contribution in [0.25, 0.3) is 0 Å². The zero-order valence-corrected chi connectivity index (χ0v) is 12.6. The third kappa shape index (κ3) is 3.54. The Kier molecular flexibility index (Phi) is 5.06. The molecule has 1 saturated carbocycles. The van der Waals surface area contributed by atoms with Crippen molar-refractivity contribution < 1.29 is 4.79 Å². The van der Waals surface area contributed by atoms with Gasteiger partial charge < -0.3 is 4.90 Å². The highest BCUT2D eigenvalue weighted by Crippen LogP contribution is 2.23. The van der Waals surface area contributed by atoms with E-state index in [2.05, 4.69) is 21.9 Å². The highest BCUT2D eigenvalue weighted by atomic mass is 16.2. The van der Waals surface area contributed by atoms with E-state index in [0.717, 1.165) is 5.69 Å². The zero-order valence-electron chi connectivity index (χ0n) is 12.6. The van der Waals surface area contributed by atoms with Crippen molar-refractivity contribution in [1.82, 2.24) is 19.8 Å². The molecular formula is C15H24N4O. The molecule has 5 heteroatoms. The molecule has 0 bridgehead atoms. The zero-order chi connectivity index (χ0) is 14.5. The summed E-state index contributed by atoms with van der Waals surface area (Å²) in [6.07, 6.45) is 8.24. The molecular weight excluding hydrogens is 252 g/mol. The van der Waals surface area contributed by atoms with Gasteiger partial charge in [0.1, 0.15) is 6.33 Å². The Labute approximate surface area is 121 Å². The molecule has 1 fully saturated rings. The number of carbonyl (C=O) groups excluding carboxylic acids is 1. The van der Waals surface area contributed by atoms with E-state index in [-0.39, 0.29) is 11.9 Å². The van der Waals surface area contributed by atoms with Gasteiger partial charge in [0.15, 0.2) is 0 Å². The lowest BCUT2D eigenvalue weighted by molar-refractivity contribution is -0.133. The summed E-state index contributed by atoms with van der Waals surface area (Å²) in [6.45, 7) is 2.48. The van der Waals surface area contributed by atoms with Crippen LogP contribution in [0.5, 0.6) is 0 Å². The SMILES string of the molecule is C[C@H](c1ccncn1)N(C)C(=O)CN(C)C1CCCC1. The molecule has 1 aromatic rings. The van der Waals surface area contributed by atoms with E-state index in [1.165, 1.54) is 32.0 Å². The summed E-state index contributed by atoms with van der Waals surface area (Å²) in [5.74, 6) is 0.144. The van der Waals surface area contributed by atoms with Crippen LogP contribution in [0.4, 0.5) is 0 Å². The van der Waals surface area contributed by atoms with Gasteiger partial charge in [-0.1, -0.05) is 12.8 Å². The predicted octanol–water partition coefficient (Wildman–Crippen LogP) is 1.87. The first-order valence-corrected chi connectivity index (χ1v) is 7.31. The van der Waals surface area contributed by atoms with Gasteiger partial charge in [0, 0.05) is 19.3 Å². The standard InChI is InChI=1S/C15H24N4O/c1-12(14-8-9-16-11-17-14)19(3)15(20)10-18(2)13-6-4-5-7-13/h8-9,11-13H,4-7,10H2,1-3H3/t12-/m1/s1. The largest absolute Gasteiger partial charge is 0.336 e. The molecule has 1 heterocycles. The summed E-state index contributed by atoms with van der Waals surface area (Å²) in [4.78, 5) is 24.5. The van der Waals surface area contributed by atoms with Crippen molar-refractivity contribution in [2.24, 2.45) is 0 Å². The van der Waals surface area contributed by atoms with Gasteiger partial charge in [0.25, 0.3) is 0 Å². The van der Waals surface area contributed by atoms with Gasteiger partial charge in [-0.15, -0.1) is 0 Å². The Morgan fingerprint density at radius 3 is 2.70 bits per heavy atom. The topological polar surface area (TPSA) is 49.3 Å². The Morgan fingerprint density at radius 1 is 1.40 bits per heavy atom. The highest BCUT2D eigenvalue weighted by Gasteiger charge is 2.24. The fourth-order valence-electron chi connectivity index (χ4n) is 2.76. The van der Waals surface area contributed by atoms with Gasteiger partial charge in [-0.3, -0.25) is 9.69 Å². The molecule has 20 heavy (non-hydrogen) atoms. The van der Waals surface area contributed by atoms with Gasteiger partial charge in [0.2, 0.25) is 5.91 Å². The summed E-state index contributed by atoms with van der Waals surface area (Å²) in [7, 11) is 3.90. The summed E-state index contributed by atoms with van der Waals surface area (Å²) < 4.78 is 0. The van der Waals surface area contributed by atoms with Crippen LogP contribution in [-0.2, 0) is 4.79 Å². The summed E-state index contributed by atoms with van der Waals surface area (Å²) in [5.41, 5.74) is 0.874. The average Bonchev–Trinajstić information content (AvgIpc) is 3.01. The van der Waals surface area contributed by atoms with Crippen molar-refractivity contribution in [3.05, 3.63) is 24.3 Å². The molecule has 1 aromatic heterocycles. The van der Waals surface area contributed by atoms with Gasteiger partial charge in [-0.05, 0) is 32.9 Å². The molecule has 0 N–H and O–H groups in total. The Hall–Kier alpha value is -1.49. The van der Waals surface area contributed by atoms with Crippen LogP contribution in [-0.4, -0.2) is 52.4 Å². The Morgan fingerprint density at radius 2 is 2.10 bits per heavy atom. The first kappa shape index (κ1) is 14.9. The normalized spacial score (nSPS) is 17.4. The number of hydrogen-bond acceptors (Lipinski definition) is 4. The molecule has 1 amide bonds.